The first-order valence-electron chi connectivity index (χ1n) is 34.1. The van der Waals surface area contributed by atoms with Gasteiger partial charge in [0.1, 0.15) is 37.2 Å². The summed E-state index contributed by atoms with van der Waals surface area (Å²) in [5.74, 6) is 0.0836. The number of nitrogens with one attached hydrogen (secondary N) is 2. The number of anilines is 2. The summed E-state index contributed by atoms with van der Waals surface area (Å²) >= 11 is 4.24. The third-order valence-electron chi connectivity index (χ3n) is 17.1. The molecule has 0 aliphatic carbocycles. The average Bonchev–Trinajstić information content (AvgIpc) is 1.16. The summed E-state index contributed by atoms with van der Waals surface area (Å²) in [5.41, 5.74) is 14.3. The van der Waals surface area contributed by atoms with Crippen LogP contribution in [-0.4, -0.2) is 198 Å². The van der Waals surface area contributed by atoms with Crippen molar-refractivity contribution in [2.75, 3.05) is 96.7 Å². The van der Waals surface area contributed by atoms with Gasteiger partial charge in [-0.25, -0.2) is 26.4 Å². The molecular weight excluding hydrogens is 1770 g/mol. The highest BCUT2D eigenvalue weighted by molar-refractivity contribution is 15.0. The molecule has 4 heterocycles. The number of benzene rings is 4. The fourth-order valence-corrected chi connectivity index (χ4v) is 15.1. The lowest BCUT2D eigenvalue weighted by molar-refractivity contribution is -0.151. The van der Waals surface area contributed by atoms with Crippen LogP contribution in [0, 0.1) is 35.0 Å². The van der Waals surface area contributed by atoms with E-state index in [4.69, 9.17) is 63.9 Å². The first-order chi connectivity index (χ1) is 48.3. The Morgan fingerprint density at radius 1 is 0.615 bits per heavy atom. The monoisotopic (exact) mass is 1880 g/mol. The van der Waals surface area contributed by atoms with Crippen molar-refractivity contribution in [3.05, 3.63) is 108 Å². The number of esters is 1. The quantitative estimate of drug-likeness (QED) is 0.00562. The largest absolute Gasteiger partial charge is 0.486 e. The first-order valence-corrected chi connectivity index (χ1v) is 47.9. The number of sulfonamides is 2. The number of fused-ring (bicyclic) bond motifs is 2. The van der Waals surface area contributed by atoms with Crippen LogP contribution in [-0.2, 0) is 80.0 Å². The molecule has 2 amide bonds. The summed E-state index contributed by atoms with van der Waals surface area (Å²) < 4.78 is 130. The molecule has 10 N–H and O–H groups in total. The fourth-order valence-electron chi connectivity index (χ4n) is 11.0. The number of carbonyl (C=O) groups is 3. The third kappa shape index (κ3) is 31.0. The topological polar surface area (TPSA) is 400 Å². The van der Waals surface area contributed by atoms with Crippen LogP contribution < -0.4 is 31.6 Å². The van der Waals surface area contributed by atoms with Gasteiger partial charge in [0.25, 0.3) is 0 Å². The lowest BCUT2D eigenvalue weighted by Crippen LogP contribution is -2.51. The molecule has 4 fully saturated rings. The summed E-state index contributed by atoms with van der Waals surface area (Å²) in [5, 5.41) is 28.4. The molecule has 0 bridgehead atoms. The number of alkyl carbamates (subject to hydrolysis) is 2. The van der Waals surface area contributed by atoms with Crippen LogP contribution in [0.1, 0.15) is 99.1 Å². The predicted octanol–water partition coefficient (Wildman–Crippen LogP) is 10.6. The lowest BCUT2D eigenvalue weighted by atomic mass is 9.82. The molecule has 4 saturated heterocycles. The molecule has 8 rings (SSSR count). The van der Waals surface area contributed by atoms with Crippen molar-refractivity contribution in [1.29, 1.82) is 0 Å². The van der Waals surface area contributed by atoms with Gasteiger partial charge < -0.3 is 89.3 Å². The number of nitrogens with zero attached hydrogens (tertiary/aromatic N) is 2. The number of carbonyl (C=O) groups excluding carboxylic acids is 3. The second-order valence-electron chi connectivity index (χ2n) is 28.2. The Bertz CT molecular complexity index is 3390. The normalized spacial score (nSPS) is 20.1. The Morgan fingerprint density at radius 2 is 0.990 bits per heavy atom. The molecule has 588 valence electrons. The molecule has 104 heavy (non-hydrogen) atoms. The summed E-state index contributed by atoms with van der Waals surface area (Å²) in [6, 6.07) is 23.1. The van der Waals surface area contributed by atoms with Gasteiger partial charge >= 0.3 is 25.8 Å². The molecule has 11 atom stereocenters. The van der Waals surface area contributed by atoms with E-state index in [9.17, 15) is 50.6 Å². The molecule has 0 saturated carbocycles. The minimum absolute atomic E-state index is 0. The van der Waals surface area contributed by atoms with Gasteiger partial charge in [-0.15, -0.1) is 24.0 Å². The molecule has 0 spiro atoms. The summed E-state index contributed by atoms with van der Waals surface area (Å²) in [6.07, 6.45) is -2.94. The standard InChI is InChI=1S/C30H44N3O9PS.C28H40N3O11PS.C11H22O2.I2.HI/c1-20(2)16-33(44(37,38)24-11-9-23(10-12-24)41-19-43(3,4)36)17-27(34)26(15-21-5-7-22(31)8-6-21)32-30(35)42-28-18-40-29-25(28)13-14-39-29;1-18(2)14-31(44(37,38)22-9-7-21(8-10-22)41-17-43(34,35)36)15-25(32)24(13-19-3-5-20(29)6-4-19)30-28(33)42-26-16-40-27-23(26)11-12-39-27;1-6-7-8-13-10(12)9(2)11(3,4)5;1-2;/h5-12,20,25-29,34H,13-19,31H2,1-4H3,(H,32,35);3-10,18,23-27,32H,11-17,29H2,1-2H3,(H,30,33)(H2,34,35,36);9H,6-8H2,1-5H3;;1H/t25-,26-,27+,28-,29+;23-,24-,25+,26-,27+;9-;;/m000../s1. The van der Waals surface area contributed by atoms with Crippen LogP contribution in [0.5, 0.6) is 11.5 Å². The van der Waals surface area contributed by atoms with Crippen molar-refractivity contribution in [2.24, 2.45) is 35.0 Å². The number of aliphatic hydroxyl groups is 2. The number of hydrogen-bond acceptors (Lipinski definition) is 22. The number of amides is 2. The van der Waals surface area contributed by atoms with Crippen molar-refractivity contribution < 1.29 is 103 Å². The number of nitrogen functional groups attached to an aromatic ring is 2. The van der Waals surface area contributed by atoms with E-state index in [2.05, 4.69) is 75.6 Å². The van der Waals surface area contributed by atoms with Gasteiger partial charge in [0.05, 0.1) is 84.9 Å². The summed E-state index contributed by atoms with van der Waals surface area (Å²) in [6.45, 7) is 22.4. The van der Waals surface area contributed by atoms with Gasteiger partial charge in [0.15, 0.2) is 18.9 Å². The van der Waals surface area contributed by atoms with E-state index in [-0.39, 0.29) is 145 Å². The highest BCUT2D eigenvalue weighted by Crippen LogP contribution is 2.38. The van der Waals surface area contributed by atoms with Crippen LogP contribution in [0.2, 0.25) is 0 Å². The highest BCUT2D eigenvalue weighted by atomic mass is 128. The van der Waals surface area contributed by atoms with E-state index in [0.717, 1.165) is 28.3 Å². The Balaban J connectivity index is 0.000000366. The van der Waals surface area contributed by atoms with Crippen molar-refractivity contribution in [1.82, 2.24) is 19.2 Å². The summed E-state index contributed by atoms with van der Waals surface area (Å²) in [4.78, 5) is 55.5. The molecule has 4 aromatic rings. The second kappa shape index (κ2) is 43.6. The van der Waals surface area contributed by atoms with Crippen molar-refractivity contribution in [3.63, 3.8) is 0 Å². The Kier molecular flexibility index (Phi) is 38.8. The van der Waals surface area contributed by atoms with E-state index in [1.165, 1.54) is 52.8 Å². The van der Waals surface area contributed by atoms with E-state index < -0.39 is 96.1 Å². The van der Waals surface area contributed by atoms with E-state index in [1.54, 1.807) is 61.9 Å². The lowest BCUT2D eigenvalue weighted by Gasteiger charge is -2.31. The molecule has 35 heteroatoms. The Hall–Kier alpha value is -3.76. The molecule has 4 aromatic carbocycles. The smallest absolute Gasteiger partial charge is 0.407 e. The molecule has 4 aliphatic heterocycles. The number of nitrogens with two attached hydrogens (primary N) is 2. The number of hydrogen-bond donors (Lipinski definition) is 8. The molecule has 0 unspecified atom stereocenters. The minimum Gasteiger partial charge on any atom is -0.486 e. The van der Waals surface area contributed by atoms with Crippen molar-refractivity contribution in [2.45, 2.75) is 160 Å². The van der Waals surface area contributed by atoms with Gasteiger partial charge in [0.2, 0.25) is 20.0 Å². The molecule has 0 radical (unpaired) electrons. The zero-order valence-corrected chi connectivity index (χ0v) is 70.9. The van der Waals surface area contributed by atoms with Gasteiger partial charge in [-0.05, 0) is 147 Å². The van der Waals surface area contributed by atoms with Crippen LogP contribution in [0.25, 0.3) is 0 Å². The predicted molar refractivity (Wildman–Crippen MR) is 424 cm³/mol. The number of unbranched alkanes of at least 4 members (excludes halogenated alkanes) is 1. The fraction of sp³-hybridized carbons (Fsp3) is 0.609. The molecule has 28 nitrogen and oxygen atoms in total. The van der Waals surface area contributed by atoms with Gasteiger partial charge in [0, 0.05) is 74.8 Å². The first kappa shape index (κ1) is 92.6. The van der Waals surface area contributed by atoms with Gasteiger partial charge in [-0.2, -0.15) is 8.61 Å². The maximum absolute atomic E-state index is 13.8. The van der Waals surface area contributed by atoms with Crippen LogP contribution in [0.15, 0.2) is 107 Å². The second-order valence-corrected chi connectivity index (χ2v) is 37.1. The van der Waals surface area contributed by atoms with E-state index in [0.29, 0.717) is 49.8 Å². The van der Waals surface area contributed by atoms with Crippen LogP contribution >= 0.6 is 75.9 Å². The summed E-state index contributed by atoms with van der Waals surface area (Å²) in [7, 11) is -15.0. The third-order valence-corrected chi connectivity index (χ3v) is 22.0. The van der Waals surface area contributed by atoms with Crippen molar-refractivity contribution in [3.8, 4) is 11.5 Å². The zero-order valence-electron chi connectivity index (χ0n) is 60.8. The van der Waals surface area contributed by atoms with Crippen molar-refractivity contribution >= 4 is 126 Å². The Labute approximate surface area is 653 Å². The number of ether oxygens (including phenoxy) is 9. The number of halogens is 3. The SMILES string of the molecule is CC(C)CN(C[C@@H](O)[C@H](Cc1ccc(N)cc1)NC(=O)O[C@H]1CO[C@H]2OCC[C@H]21)S(=O)(=O)c1ccc(OCP(=O)(O)O)cc1.CC(C)CN(C[C@@H](O)[C@H](Cc1ccc(N)cc1)NC(=O)O[C@H]1CO[C@H]2OCC[C@H]21)S(=O)(=O)c1ccc(OCP(C)(C)=O)cc1.CCCCOC(=O)[C@H](C)C(C)(C)C.I.II. The Morgan fingerprint density at radius 3 is 1.33 bits per heavy atom. The van der Waals surface area contributed by atoms with Crippen LogP contribution in [0.3, 0.4) is 0 Å². The number of rotatable bonds is 32. The van der Waals surface area contributed by atoms with Gasteiger partial charge in [-0.3, -0.25) is 9.36 Å². The van der Waals surface area contributed by atoms with Gasteiger partial charge in [-0.1, -0.05) is 93.0 Å². The molecule has 0 aromatic heterocycles. The molecular formula is C69H107I3N6O22P2S2. The average molecular weight is 1880 g/mol. The maximum Gasteiger partial charge on any atom is 0.407 e. The van der Waals surface area contributed by atoms with Crippen LogP contribution in [0.4, 0.5) is 21.0 Å². The highest BCUT2D eigenvalue weighted by Gasteiger charge is 2.46. The maximum atomic E-state index is 13.8. The van der Waals surface area contributed by atoms with E-state index in [1.807, 2.05) is 34.6 Å². The molecule has 4 aliphatic rings. The minimum atomic E-state index is -4.42. The van der Waals surface area contributed by atoms with E-state index >= 15 is 0 Å². The zero-order chi connectivity index (χ0) is 76.6. The number of aliphatic hydroxyl groups excluding tert-OH is 2.